The van der Waals surface area contributed by atoms with Crippen LogP contribution < -0.4 is 40.2 Å². The number of halogens is 4. The lowest BCUT2D eigenvalue weighted by molar-refractivity contribution is -0.136. The van der Waals surface area contributed by atoms with Crippen molar-refractivity contribution in [3.63, 3.8) is 0 Å². The molecule has 518 valence electrons. The van der Waals surface area contributed by atoms with Crippen LogP contribution in [0.15, 0.2) is 82.6 Å². The number of rotatable bonds is 34. The van der Waals surface area contributed by atoms with Gasteiger partial charge in [-0.2, -0.15) is 0 Å². The summed E-state index contributed by atoms with van der Waals surface area (Å²) in [4.78, 5) is 59.7. The van der Waals surface area contributed by atoms with Crippen molar-refractivity contribution < 1.29 is 64.4 Å². The summed E-state index contributed by atoms with van der Waals surface area (Å²) in [6.07, 6.45) is 1.69. The van der Waals surface area contributed by atoms with Crippen molar-refractivity contribution in [3.8, 4) is 11.5 Å². The van der Waals surface area contributed by atoms with E-state index < -0.39 is 32.3 Å². The molecule has 4 atom stereocenters. The first-order chi connectivity index (χ1) is 45.1. The highest BCUT2D eigenvalue weighted by Gasteiger charge is 2.43. The molecule has 8 rings (SSSR count). The van der Waals surface area contributed by atoms with Gasteiger partial charge in [-0.1, -0.05) is 60.3 Å². The molecule has 0 spiro atoms. The summed E-state index contributed by atoms with van der Waals surface area (Å²) in [6.45, 7) is 11.9. The monoisotopic (exact) mass is 1430 g/mol. The van der Waals surface area contributed by atoms with Gasteiger partial charge in [0.15, 0.2) is 0 Å². The number of hydrogen-bond donors (Lipinski definition) is 6. The Morgan fingerprint density at radius 1 is 0.500 bits per heavy atom. The molecule has 2 saturated heterocycles. The van der Waals surface area contributed by atoms with E-state index in [1.165, 1.54) is 24.3 Å². The van der Waals surface area contributed by atoms with Crippen LogP contribution >= 0.6 is 46.4 Å². The summed E-state index contributed by atoms with van der Waals surface area (Å²) in [5.41, 5.74) is 3.68. The number of hydrogen-bond acceptors (Lipinski definition) is 16. The van der Waals surface area contributed by atoms with Gasteiger partial charge in [0, 0.05) is 143 Å². The third-order valence-corrected chi connectivity index (χ3v) is 20.5. The van der Waals surface area contributed by atoms with Gasteiger partial charge < -0.3 is 64.4 Å². The molecule has 4 aromatic carbocycles. The number of nitrogens with one attached hydrogen (secondary N) is 6. The number of ether oxygens (including phenoxy) is 6. The molecule has 25 nitrogen and oxygen atoms in total. The Morgan fingerprint density at radius 2 is 0.862 bits per heavy atom. The molecule has 2 heterocycles. The van der Waals surface area contributed by atoms with Gasteiger partial charge in [-0.05, 0) is 110 Å². The van der Waals surface area contributed by atoms with Crippen LogP contribution in [0, 0.1) is 5.92 Å². The van der Waals surface area contributed by atoms with E-state index in [1.54, 1.807) is 55.4 Å². The van der Waals surface area contributed by atoms with Crippen molar-refractivity contribution >= 4 is 90.5 Å². The Hall–Kier alpha value is -5.50. The van der Waals surface area contributed by atoms with Crippen LogP contribution in [0.2, 0.25) is 20.1 Å². The number of carbonyl (C=O) groups excluding carboxylic acids is 4. The van der Waals surface area contributed by atoms with E-state index in [9.17, 15) is 36.0 Å². The van der Waals surface area contributed by atoms with Gasteiger partial charge in [-0.3, -0.25) is 14.6 Å². The lowest BCUT2D eigenvalue weighted by atomic mass is 10.1. The van der Waals surface area contributed by atoms with Crippen molar-refractivity contribution in [2.24, 2.45) is 5.92 Å². The number of nitrogens with zero attached hydrogens (tertiary/aromatic N) is 5. The summed E-state index contributed by atoms with van der Waals surface area (Å²) in [5, 5.41) is 13.1. The van der Waals surface area contributed by atoms with E-state index in [0.29, 0.717) is 123 Å². The highest BCUT2D eigenvalue weighted by Crippen LogP contribution is 2.45. The van der Waals surface area contributed by atoms with Gasteiger partial charge in [0.2, 0.25) is 26.0 Å². The van der Waals surface area contributed by atoms with Crippen molar-refractivity contribution in [1.82, 2.24) is 55.2 Å². The number of sulfonamides is 2. The standard InChI is InChI=1S/C63H87Cl4N11O14S2/c1-43(2)60(79)77-25-21-75(22-26-77)56-41-50-52(37-44(64)39-54(50)66)58(56)91-46-7-11-48(12-8-46)93(83,84)72-19-31-89-35-33-87-29-17-70-61(80)68-15-5-6-16-69-62(81)71-18-30-88-34-36-90-32-20-73-94(85,86)49-13-9-47(10-14-49)92-59-53-38-45(65)40-55(67)51(53)42-57(59)76-23-27-78(28-24-76)63(82)74(3)4/h7-14,37-40,43,56-59,72-73H,5-6,15-36,41-42H2,1-4H3,(H2,68,70,80)(H2,69,71,81)/t56-,57-,58-,59-/m0/s1. The summed E-state index contributed by atoms with van der Waals surface area (Å²) in [6, 6.07) is 18.7. The fraction of sp³-hybridized carbons (Fsp3) is 0.556. The van der Waals surface area contributed by atoms with E-state index in [4.69, 9.17) is 74.8 Å². The van der Waals surface area contributed by atoms with Gasteiger partial charge >= 0.3 is 18.1 Å². The number of carbonyl (C=O) groups is 4. The van der Waals surface area contributed by atoms with Gasteiger partial charge in [-0.15, -0.1) is 0 Å². The minimum atomic E-state index is -3.85. The maximum Gasteiger partial charge on any atom is 0.319 e. The maximum atomic E-state index is 13.1. The Bertz CT molecular complexity index is 3170. The van der Waals surface area contributed by atoms with Crippen LogP contribution in [-0.4, -0.2) is 236 Å². The Balaban J connectivity index is 0.591. The van der Waals surface area contributed by atoms with E-state index in [2.05, 4.69) is 40.5 Å². The average molecular weight is 1430 g/mol. The summed E-state index contributed by atoms with van der Waals surface area (Å²) in [5.74, 6) is 1.03. The minimum Gasteiger partial charge on any atom is -0.484 e. The van der Waals surface area contributed by atoms with Gasteiger partial charge in [0.05, 0.1) is 74.7 Å². The molecular formula is C63H87Cl4N11O14S2. The highest BCUT2D eigenvalue weighted by molar-refractivity contribution is 7.89. The molecule has 31 heteroatoms. The Kier molecular flexibility index (Phi) is 28.6. The first-order valence-electron chi connectivity index (χ1n) is 31.6. The molecular weight excluding hydrogens is 1340 g/mol. The normalized spacial score (nSPS) is 18.4. The summed E-state index contributed by atoms with van der Waals surface area (Å²) < 4.78 is 92.8. The predicted octanol–water partition coefficient (Wildman–Crippen LogP) is 6.19. The molecule has 0 radical (unpaired) electrons. The summed E-state index contributed by atoms with van der Waals surface area (Å²) in [7, 11) is -4.22. The second-order valence-electron chi connectivity index (χ2n) is 23.5. The fourth-order valence-corrected chi connectivity index (χ4v) is 14.8. The van der Waals surface area contributed by atoms with Crippen molar-refractivity contribution in [2.45, 2.75) is 73.6 Å². The molecule has 0 unspecified atom stereocenters. The third kappa shape index (κ3) is 21.5. The zero-order valence-corrected chi connectivity index (χ0v) is 58.1. The molecule has 94 heavy (non-hydrogen) atoms. The lowest BCUT2D eigenvalue weighted by Gasteiger charge is -2.40. The molecule has 6 N–H and O–H groups in total. The summed E-state index contributed by atoms with van der Waals surface area (Å²) >= 11 is 26.2. The van der Waals surface area contributed by atoms with Gasteiger partial charge in [0.1, 0.15) is 23.7 Å². The van der Waals surface area contributed by atoms with E-state index in [0.717, 1.165) is 22.3 Å². The molecule has 0 aromatic heterocycles. The molecule has 2 aliphatic carbocycles. The van der Waals surface area contributed by atoms with E-state index in [-0.39, 0.29) is 131 Å². The van der Waals surface area contributed by atoms with E-state index in [1.807, 2.05) is 35.8 Å². The maximum absolute atomic E-state index is 13.1. The largest absolute Gasteiger partial charge is 0.484 e. The zero-order valence-electron chi connectivity index (χ0n) is 53.5. The van der Waals surface area contributed by atoms with Crippen molar-refractivity contribution in [3.05, 3.63) is 115 Å². The Morgan fingerprint density at radius 3 is 1.23 bits per heavy atom. The Labute approximate surface area is 571 Å². The number of urea groups is 3. The lowest BCUT2D eigenvalue weighted by Crippen LogP contribution is -2.55. The zero-order chi connectivity index (χ0) is 67.4. The van der Waals surface area contributed by atoms with Crippen LogP contribution in [0.1, 0.15) is 61.2 Å². The average Bonchev–Trinajstić information content (AvgIpc) is 1.62. The van der Waals surface area contributed by atoms with Crippen LogP contribution in [0.3, 0.4) is 0 Å². The number of unbranched alkanes of at least 4 members (excludes halogenated alkanes) is 1. The van der Waals surface area contributed by atoms with Crippen LogP contribution in [0.5, 0.6) is 11.5 Å². The fourth-order valence-electron chi connectivity index (χ4n) is 11.6. The molecule has 0 bridgehead atoms. The van der Waals surface area contributed by atoms with Gasteiger partial charge in [-0.25, -0.2) is 40.7 Å². The van der Waals surface area contributed by atoms with Crippen LogP contribution in [0.25, 0.3) is 0 Å². The first-order valence-corrected chi connectivity index (χ1v) is 36.1. The molecule has 4 aliphatic rings. The SMILES string of the molecule is CC(C)C(=O)N1CCN([C@H]2Cc3c(Cl)cc(Cl)cc3[C@@H]2Oc2ccc(S(=O)(=O)NCCOCCOCCNC(=O)NCCCCNC(=O)NCCOCCOCCNS(=O)(=O)c3ccc(O[C@H]4c5cc(Cl)cc(Cl)c5C[C@@H]4N4CCN(C(=O)N(C)C)CC4)cc3)cc2)CC1. The molecule has 0 saturated carbocycles. The predicted molar refractivity (Wildman–Crippen MR) is 358 cm³/mol. The second-order valence-corrected chi connectivity index (χ2v) is 28.7. The second kappa shape index (κ2) is 36.2. The number of amides is 7. The van der Waals surface area contributed by atoms with Crippen LogP contribution in [-0.2, 0) is 56.6 Å². The quantitative estimate of drug-likeness (QED) is 0.0284. The molecule has 4 aromatic rings. The van der Waals surface area contributed by atoms with Gasteiger partial charge in [0.25, 0.3) is 0 Å². The molecule has 2 aliphatic heterocycles. The number of fused-ring (bicyclic) bond motifs is 2. The minimum absolute atomic E-state index is 0.0288. The number of benzene rings is 4. The molecule has 2 fully saturated rings. The van der Waals surface area contributed by atoms with Crippen LogP contribution in [0.4, 0.5) is 14.4 Å². The third-order valence-electron chi connectivity index (χ3n) is 16.4. The first kappa shape index (κ1) is 74.3. The van der Waals surface area contributed by atoms with Crippen molar-refractivity contribution in [2.75, 3.05) is 159 Å². The number of piperazine rings is 2. The topological polar surface area (TPSA) is 280 Å². The van der Waals surface area contributed by atoms with E-state index >= 15 is 0 Å². The molecule has 7 amide bonds. The smallest absolute Gasteiger partial charge is 0.319 e. The van der Waals surface area contributed by atoms with Crippen molar-refractivity contribution in [1.29, 1.82) is 0 Å². The highest BCUT2D eigenvalue weighted by atomic mass is 35.5.